The zero-order valence-corrected chi connectivity index (χ0v) is 20.8. The predicted octanol–water partition coefficient (Wildman–Crippen LogP) is 3.52. The van der Waals surface area contributed by atoms with Crippen molar-refractivity contribution in [2.75, 3.05) is 11.8 Å². The molecule has 1 amide bonds. The summed E-state index contributed by atoms with van der Waals surface area (Å²) in [6.07, 6.45) is 0. The van der Waals surface area contributed by atoms with Crippen LogP contribution in [0.5, 0.6) is 5.75 Å². The predicted molar refractivity (Wildman–Crippen MR) is 136 cm³/mol. The number of aryl methyl sites for hydroxylation is 2. The summed E-state index contributed by atoms with van der Waals surface area (Å²) >= 11 is 0. The second-order valence-corrected chi connectivity index (χ2v) is 9.79. The van der Waals surface area contributed by atoms with E-state index in [0.29, 0.717) is 22.2 Å². The highest BCUT2D eigenvalue weighted by atomic mass is 32.2. The molecule has 1 heterocycles. The fourth-order valence-electron chi connectivity index (χ4n) is 3.76. The van der Waals surface area contributed by atoms with Gasteiger partial charge in [0.05, 0.1) is 19.2 Å². The van der Waals surface area contributed by atoms with Gasteiger partial charge in [0.15, 0.2) is 0 Å². The summed E-state index contributed by atoms with van der Waals surface area (Å²) in [7, 11) is -1.13. The van der Waals surface area contributed by atoms with Crippen molar-refractivity contribution in [2.45, 2.75) is 18.4 Å². The average molecular weight is 508 g/mol. The first-order chi connectivity index (χ1) is 17.2. The van der Waals surface area contributed by atoms with Crippen molar-refractivity contribution >= 4 is 32.5 Å². The van der Waals surface area contributed by atoms with Crippen molar-refractivity contribution in [3.05, 3.63) is 99.8 Å². The maximum Gasteiger partial charge on any atom is 0.274 e. The Morgan fingerprint density at radius 2 is 1.75 bits per heavy atom. The highest BCUT2D eigenvalue weighted by molar-refractivity contribution is 7.92. The molecule has 10 heteroatoms. The third-order valence-corrected chi connectivity index (χ3v) is 7.02. The number of carbonyl (C=O) groups excluding carboxylic acids is 1. The molecule has 0 bridgehead atoms. The van der Waals surface area contributed by atoms with Crippen LogP contribution in [-0.4, -0.2) is 26.0 Å². The standard InChI is InChI=1S/C26H25N3O6S/c1-17-13-20-14-21(10-11-22(20)29(2)26(17)31)28-36(32,33)24-15-19(9-12-23(24)34-3)25(30)27-35-16-18-7-5-4-6-8-18/h4-15,28H,16H2,1-3H3,(H,27,30). The van der Waals surface area contributed by atoms with E-state index in [2.05, 4.69) is 10.2 Å². The molecule has 0 atom stereocenters. The number of ether oxygens (including phenoxy) is 1. The Bertz CT molecular complexity index is 1600. The second kappa shape index (κ2) is 10.2. The summed E-state index contributed by atoms with van der Waals surface area (Å²) in [4.78, 5) is 29.8. The van der Waals surface area contributed by atoms with Gasteiger partial charge in [0.1, 0.15) is 10.6 Å². The number of hydrogen-bond donors (Lipinski definition) is 2. The lowest BCUT2D eigenvalue weighted by molar-refractivity contribution is 0.0233. The topological polar surface area (TPSA) is 116 Å². The van der Waals surface area contributed by atoms with Crippen LogP contribution in [0.3, 0.4) is 0 Å². The van der Waals surface area contributed by atoms with Gasteiger partial charge in [0, 0.05) is 29.2 Å². The van der Waals surface area contributed by atoms with E-state index < -0.39 is 15.9 Å². The van der Waals surface area contributed by atoms with Crippen LogP contribution >= 0.6 is 0 Å². The van der Waals surface area contributed by atoms with Crippen molar-refractivity contribution in [2.24, 2.45) is 7.05 Å². The molecule has 186 valence electrons. The minimum atomic E-state index is -4.14. The van der Waals surface area contributed by atoms with Crippen molar-refractivity contribution < 1.29 is 22.8 Å². The zero-order valence-electron chi connectivity index (χ0n) is 19.9. The molecular weight excluding hydrogens is 482 g/mol. The number of carbonyl (C=O) groups is 1. The summed E-state index contributed by atoms with van der Waals surface area (Å²) in [6.45, 7) is 1.85. The monoisotopic (exact) mass is 507 g/mol. The number of aromatic nitrogens is 1. The number of nitrogens with zero attached hydrogens (tertiary/aromatic N) is 1. The van der Waals surface area contributed by atoms with Crippen LogP contribution in [0.4, 0.5) is 5.69 Å². The summed E-state index contributed by atoms with van der Waals surface area (Å²) in [6, 6.07) is 19.9. The van der Waals surface area contributed by atoms with Gasteiger partial charge in [-0.3, -0.25) is 19.1 Å². The first-order valence-corrected chi connectivity index (χ1v) is 12.5. The van der Waals surface area contributed by atoms with E-state index in [-0.39, 0.29) is 28.4 Å². The highest BCUT2D eigenvalue weighted by Gasteiger charge is 2.22. The zero-order chi connectivity index (χ0) is 25.9. The van der Waals surface area contributed by atoms with Gasteiger partial charge in [-0.05, 0) is 55.0 Å². The van der Waals surface area contributed by atoms with E-state index in [0.717, 1.165) is 5.56 Å². The summed E-state index contributed by atoms with van der Waals surface area (Å²) in [5.74, 6) is -0.532. The van der Waals surface area contributed by atoms with Crippen LogP contribution < -0.4 is 20.5 Å². The molecule has 0 aliphatic heterocycles. The van der Waals surface area contributed by atoms with Gasteiger partial charge in [-0.25, -0.2) is 13.9 Å². The third-order valence-electron chi connectivity index (χ3n) is 5.62. The van der Waals surface area contributed by atoms with E-state index >= 15 is 0 Å². The first-order valence-electron chi connectivity index (χ1n) is 11.0. The number of hydrogen-bond acceptors (Lipinski definition) is 6. The molecule has 36 heavy (non-hydrogen) atoms. The number of nitrogens with one attached hydrogen (secondary N) is 2. The highest BCUT2D eigenvalue weighted by Crippen LogP contribution is 2.28. The molecule has 2 N–H and O–H groups in total. The van der Waals surface area contributed by atoms with E-state index in [1.807, 2.05) is 30.3 Å². The molecule has 4 aromatic rings. The lowest BCUT2D eigenvalue weighted by Crippen LogP contribution is -2.24. The van der Waals surface area contributed by atoms with E-state index in [1.54, 1.807) is 38.2 Å². The van der Waals surface area contributed by atoms with Gasteiger partial charge in [-0.1, -0.05) is 30.3 Å². The Labute approximate surface area is 208 Å². The number of fused-ring (bicyclic) bond motifs is 1. The SMILES string of the molecule is COc1ccc(C(=O)NOCc2ccccc2)cc1S(=O)(=O)Nc1ccc2c(c1)cc(C)c(=O)n2C. The number of pyridine rings is 1. The number of rotatable bonds is 8. The van der Waals surface area contributed by atoms with Crippen LogP contribution in [0.25, 0.3) is 10.9 Å². The Morgan fingerprint density at radius 1 is 1.00 bits per heavy atom. The summed E-state index contributed by atoms with van der Waals surface area (Å²) < 4.78 is 35.8. The van der Waals surface area contributed by atoms with Crippen molar-refractivity contribution in [1.29, 1.82) is 0 Å². The molecule has 4 rings (SSSR count). The van der Waals surface area contributed by atoms with Crippen molar-refractivity contribution in [3.63, 3.8) is 0 Å². The fourth-order valence-corrected chi connectivity index (χ4v) is 5.01. The molecule has 3 aromatic carbocycles. The molecular formula is C26H25N3O6S. The second-order valence-electron chi connectivity index (χ2n) is 8.14. The number of sulfonamides is 1. The lowest BCUT2D eigenvalue weighted by Gasteiger charge is -2.14. The quantitative estimate of drug-likeness (QED) is 0.353. The van der Waals surface area contributed by atoms with Gasteiger partial charge in [0.2, 0.25) is 0 Å². The fraction of sp³-hybridized carbons (Fsp3) is 0.154. The molecule has 0 aliphatic carbocycles. The molecule has 9 nitrogen and oxygen atoms in total. The van der Waals surface area contributed by atoms with Crippen LogP contribution in [0.15, 0.2) is 82.5 Å². The Balaban J connectivity index is 1.57. The minimum absolute atomic E-state index is 0.0725. The van der Waals surface area contributed by atoms with Crippen LogP contribution in [0.2, 0.25) is 0 Å². The number of benzene rings is 3. The lowest BCUT2D eigenvalue weighted by atomic mass is 10.1. The normalized spacial score (nSPS) is 11.3. The maximum atomic E-state index is 13.3. The van der Waals surface area contributed by atoms with Gasteiger partial charge >= 0.3 is 0 Å². The van der Waals surface area contributed by atoms with Gasteiger partial charge < -0.3 is 9.30 Å². The Hall–Kier alpha value is -4.15. The first kappa shape index (κ1) is 25.0. The number of amides is 1. The minimum Gasteiger partial charge on any atom is -0.495 e. The smallest absolute Gasteiger partial charge is 0.274 e. The van der Waals surface area contributed by atoms with Gasteiger partial charge in [-0.15, -0.1) is 0 Å². The largest absolute Gasteiger partial charge is 0.495 e. The molecule has 0 saturated carbocycles. The van der Waals surface area contributed by atoms with Crippen LogP contribution in [0, 0.1) is 6.92 Å². The Kier molecular flexibility index (Phi) is 7.09. The average Bonchev–Trinajstić information content (AvgIpc) is 2.87. The summed E-state index contributed by atoms with van der Waals surface area (Å²) in [5, 5.41) is 0.699. The molecule has 0 fully saturated rings. The molecule has 0 unspecified atom stereocenters. The van der Waals surface area contributed by atoms with Crippen LogP contribution in [0.1, 0.15) is 21.5 Å². The van der Waals surface area contributed by atoms with E-state index in [1.165, 1.54) is 29.9 Å². The number of methoxy groups -OCH3 is 1. The number of anilines is 1. The molecule has 0 spiro atoms. The summed E-state index contributed by atoms with van der Waals surface area (Å²) in [5.41, 5.74) is 4.65. The molecule has 0 saturated heterocycles. The van der Waals surface area contributed by atoms with Crippen molar-refractivity contribution in [3.8, 4) is 5.75 Å². The molecule has 1 aromatic heterocycles. The molecule has 0 radical (unpaired) electrons. The molecule has 0 aliphatic rings. The van der Waals surface area contributed by atoms with Gasteiger partial charge in [0.25, 0.3) is 21.5 Å². The van der Waals surface area contributed by atoms with Gasteiger partial charge in [-0.2, -0.15) is 0 Å². The third kappa shape index (κ3) is 5.24. The van der Waals surface area contributed by atoms with E-state index in [9.17, 15) is 18.0 Å². The van der Waals surface area contributed by atoms with E-state index in [4.69, 9.17) is 9.57 Å². The Morgan fingerprint density at radius 3 is 2.47 bits per heavy atom. The van der Waals surface area contributed by atoms with Crippen molar-refractivity contribution in [1.82, 2.24) is 10.0 Å². The van der Waals surface area contributed by atoms with Crippen LogP contribution in [-0.2, 0) is 28.5 Å². The maximum absolute atomic E-state index is 13.3. The number of hydroxylamine groups is 1.